The Morgan fingerprint density at radius 2 is 2.31 bits per heavy atom. The fraction of sp³-hybridized carbons (Fsp3) is 0.250. The molecule has 0 saturated heterocycles. The van der Waals surface area contributed by atoms with Crippen LogP contribution in [-0.2, 0) is 4.79 Å². The van der Waals surface area contributed by atoms with E-state index in [-0.39, 0.29) is 12.5 Å². The highest BCUT2D eigenvalue weighted by Gasteiger charge is 2.04. The van der Waals surface area contributed by atoms with E-state index < -0.39 is 0 Å². The molecule has 0 radical (unpaired) electrons. The van der Waals surface area contributed by atoms with Crippen molar-refractivity contribution >= 4 is 23.2 Å². The molecule has 1 aromatic rings. The van der Waals surface area contributed by atoms with Gasteiger partial charge in [-0.1, -0.05) is 30.4 Å². The topological polar surface area (TPSA) is 49.3 Å². The molecule has 84 valence electrons. The summed E-state index contributed by atoms with van der Waals surface area (Å²) >= 11 is 5.82. The van der Waals surface area contributed by atoms with E-state index in [9.17, 15) is 4.79 Å². The van der Waals surface area contributed by atoms with Gasteiger partial charge >= 0.3 is 0 Å². The molecular formula is C12H12ClNO2. The normalized spacial score (nSPS) is 9.19. The number of aliphatic hydroxyl groups is 1. The molecule has 0 aliphatic carbocycles. The van der Waals surface area contributed by atoms with Crippen LogP contribution in [0.5, 0.6) is 0 Å². The quantitative estimate of drug-likeness (QED) is 0.774. The number of amides is 1. The summed E-state index contributed by atoms with van der Waals surface area (Å²) in [6.45, 7) is 1.54. The summed E-state index contributed by atoms with van der Waals surface area (Å²) in [7, 11) is 0. The maximum atomic E-state index is 11.3. The van der Waals surface area contributed by atoms with Crippen molar-refractivity contribution in [3.05, 3.63) is 28.8 Å². The Balaban J connectivity index is 3.02. The Morgan fingerprint density at radius 1 is 1.56 bits per heavy atom. The van der Waals surface area contributed by atoms with Gasteiger partial charge in [0.25, 0.3) is 0 Å². The fourth-order valence-corrected chi connectivity index (χ4v) is 1.27. The van der Waals surface area contributed by atoms with E-state index in [0.29, 0.717) is 22.7 Å². The van der Waals surface area contributed by atoms with Crippen LogP contribution in [0.2, 0.25) is 5.02 Å². The SMILES string of the molecule is CCC(=O)Nc1ccc(Cl)cc1C#CCO. The van der Waals surface area contributed by atoms with Gasteiger partial charge in [0.15, 0.2) is 0 Å². The van der Waals surface area contributed by atoms with Gasteiger partial charge in [-0.15, -0.1) is 0 Å². The molecule has 1 rings (SSSR count). The maximum Gasteiger partial charge on any atom is 0.224 e. The lowest BCUT2D eigenvalue weighted by molar-refractivity contribution is -0.115. The van der Waals surface area contributed by atoms with Crippen molar-refractivity contribution in [2.24, 2.45) is 0 Å². The van der Waals surface area contributed by atoms with Gasteiger partial charge in [-0.25, -0.2) is 0 Å². The highest BCUT2D eigenvalue weighted by Crippen LogP contribution is 2.19. The van der Waals surface area contributed by atoms with Crippen LogP contribution < -0.4 is 5.32 Å². The molecule has 4 heteroatoms. The molecule has 0 saturated carbocycles. The molecule has 16 heavy (non-hydrogen) atoms. The van der Waals surface area contributed by atoms with Crippen LogP contribution in [0.1, 0.15) is 18.9 Å². The summed E-state index contributed by atoms with van der Waals surface area (Å²) in [5, 5.41) is 11.9. The van der Waals surface area contributed by atoms with Gasteiger partial charge in [0.05, 0.1) is 5.69 Å². The third-order valence-corrected chi connectivity index (χ3v) is 2.11. The van der Waals surface area contributed by atoms with Crippen LogP contribution >= 0.6 is 11.6 Å². The van der Waals surface area contributed by atoms with E-state index in [0.717, 1.165) is 0 Å². The predicted octanol–water partition coefficient (Wildman–Crippen LogP) is 2.03. The monoisotopic (exact) mass is 237 g/mol. The Kier molecular flexibility index (Phi) is 4.84. The molecule has 2 N–H and O–H groups in total. The summed E-state index contributed by atoms with van der Waals surface area (Å²) in [6.07, 6.45) is 0.398. The zero-order valence-electron chi connectivity index (χ0n) is 8.88. The van der Waals surface area contributed by atoms with Gasteiger partial charge in [-0.05, 0) is 18.2 Å². The van der Waals surface area contributed by atoms with Gasteiger partial charge in [-0.2, -0.15) is 0 Å². The van der Waals surface area contributed by atoms with Gasteiger partial charge < -0.3 is 10.4 Å². The third kappa shape index (κ3) is 3.58. The van der Waals surface area contributed by atoms with E-state index in [1.165, 1.54) is 0 Å². The van der Waals surface area contributed by atoms with Crippen LogP contribution in [0.25, 0.3) is 0 Å². The molecule has 0 aromatic heterocycles. The van der Waals surface area contributed by atoms with Crippen molar-refractivity contribution in [2.75, 3.05) is 11.9 Å². The van der Waals surface area contributed by atoms with Gasteiger partial charge in [0, 0.05) is 17.0 Å². The summed E-state index contributed by atoms with van der Waals surface area (Å²) in [5.74, 6) is 5.16. The number of anilines is 1. The molecule has 0 heterocycles. The maximum absolute atomic E-state index is 11.3. The average molecular weight is 238 g/mol. The first-order valence-corrected chi connectivity index (χ1v) is 5.24. The average Bonchev–Trinajstić information content (AvgIpc) is 2.29. The molecule has 1 aromatic carbocycles. The summed E-state index contributed by atoms with van der Waals surface area (Å²) in [5.41, 5.74) is 1.21. The van der Waals surface area contributed by atoms with Crippen LogP contribution in [-0.4, -0.2) is 17.6 Å². The second-order valence-corrected chi connectivity index (χ2v) is 3.49. The number of hydrogen-bond acceptors (Lipinski definition) is 2. The largest absolute Gasteiger partial charge is 0.384 e. The number of hydrogen-bond donors (Lipinski definition) is 2. The Labute approximate surface area is 99.4 Å². The van der Waals surface area contributed by atoms with Crippen LogP contribution in [0.4, 0.5) is 5.69 Å². The zero-order chi connectivity index (χ0) is 12.0. The first-order chi connectivity index (χ1) is 7.67. The summed E-state index contributed by atoms with van der Waals surface area (Å²) in [4.78, 5) is 11.3. The van der Waals surface area contributed by atoms with Crippen molar-refractivity contribution in [2.45, 2.75) is 13.3 Å². The third-order valence-electron chi connectivity index (χ3n) is 1.88. The molecule has 0 aliphatic heterocycles. The Hall–Kier alpha value is -1.50. The van der Waals surface area contributed by atoms with Crippen LogP contribution in [0.15, 0.2) is 18.2 Å². The zero-order valence-corrected chi connectivity index (χ0v) is 9.64. The van der Waals surface area contributed by atoms with Gasteiger partial charge in [0.1, 0.15) is 6.61 Å². The molecular weight excluding hydrogens is 226 g/mol. The minimum absolute atomic E-state index is 0.0885. The minimum atomic E-state index is -0.228. The highest BCUT2D eigenvalue weighted by molar-refractivity contribution is 6.30. The molecule has 0 bridgehead atoms. The lowest BCUT2D eigenvalue weighted by Crippen LogP contribution is -2.10. The lowest BCUT2D eigenvalue weighted by atomic mass is 10.1. The highest BCUT2D eigenvalue weighted by atomic mass is 35.5. The molecule has 1 amide bonds. The van der Waals surface area contributed by atoms with E-state index >= 15 is 0 Å². The molecule has 0 spiro atoms. The molecule has 0 aliphatic rings. The van der Waals surface area contributed by atoms with E-state index in [4.69, 9.17) is 16.7 Å². The number of aliphatic hydroxyl groups excluding tert-OH is 1. The second kappa shape index (κ2) is 6.16. The minimum Gasteiger partial charge on any atom is -0.384 e. The predicted molar refractivity (Wildman–Crippen MR) is 64.3 cm³/mol. The lowest BCUT2D eigenvalue weighted by Gasteiger charge is -2.06. The smallest absolute Gasteiger partial charge is 0.224 e. The molecule has 0 unspecified atom stereocenters. The standard InChI is InChI=1S/C12H12ClNO2/c1-2-12(16)14-11-6-5-10(13)8-9(11)4-3-7-15/h5-6,8,15H,2,7H2,1H3,(H,14,16). The fourth-order valence-electron chi connectivity index (χ4n) is 1.10. The molecule has 0 fully saturated rings. The van der Waals surface area contributed by atoms with Crippen molar-refractivity contribution in [3.8, 4) is 11.8 Å². The first-order valence-electron chi connectivity index (χ1n) is 4.86. The van der Waals surface area contributed by atoms with Gasteiger partial charge in [-0.3, -0.25) is 4.79 Å². The molecule has 0 atom stereocenters. The van der Waals surface area contributed by atoms with E-state index in [1.54, 1.807) is 25.1 Å². The van der Waals surface area contributed by atoms with E-state index in [1.807, 2.05) is 0 Å². The number of carbonyl (C=O) groups is 1. The first kappa shape index (κ1) is 12.6. The van der Waals surface area contributed by atoms with Crippen molar-refractivity contribution in [3.63, 3.8) is 0 Å². The van der Waals surface area contributed by atoms with E-state index in [2.05, 4.69) is 17.2 Å². The number of rotatable bonds is 2. The van der Waals surface area contributed by atoms with Crippen molar-refractivity contribution in [1.82, 2.24) is 0 Å². The van der Waals surface area contributed by atoms with Crippen molar-refractivity contribution in [1.29, 1.82) is 0 Å². The number of halogens is 1. The summed E-state index contributed by atoms with van der Waals surface area (Å²) < 4.78 is 0. The van der Waals surface area contributed by atoms with Crippen molar-refractivity contribution < 1.29 is 9.90 Å². The molecule has 3 nitrogen and oxygen atoms in total. The number of nitrogens with one attached hydrogen (secondary N) is 1. The Bertz CT molecular complexity index is 446. The summed E-state index contributed by atoms with van der Waals surface area (Å²) in [6, 6.07) is 5.02. The second-order valence-electron chi connectivity index (χ2n) is 3.05. The number of carbonyl (C=O) groups excluding carboxylic acids is 1. The Morgan fingerprint density at radius 3 is 2.94 bits per heavy atom. The number of benzene rings is 1. The van der Waals surface area contributed by atoms with Gasteiger partial charge in [0.2, 0.25) is 5.91 Å². The van der Waals surface area contributed by atoms with Crippen LogP contribution in [0.3, 0.4) is 0 Å². The van der Waals surface area contributed by atoms with Crippen LogP contribution in [0, 0.1) is 11.8 Å².